The van der Waals surface area contributed by atoms with Gasteiger partial charge in [0.2, 0.25) is 5.69 Å². The first kappa shape index (κ1) is 19.1. The summed E-state index contributed by atoms with van der Waals surface area (Å²) < 4.78 is 0. The van der Waals surface area contributed by atoms with Gasteiger partial charge in [0.25, 0.3) is 0 Å². The summed E-state index contributed by atoms with van der Waals surface area (Å²) in [6.45, 7) is 8.05. The second-order valence-corrected chi connectivity index (χ2v) is 7.51. The lowest BCUT2D eigenvalue weighted by atomic mass is 10.1. The van der Waals surface area contributed by atoms with E-state index in [0.717, 1.165) is 49.5 Å². The van der Waals surface area contributed by atoms with Gasteiger partial charge in [0.1, 0.15) is 0 Å². The molecule has 1 aliphatic rings. The molecule has 7 nitrogen and oxygen atoms in total. The molecule has 0 bridgehead atoms. The molecule has 1 fully saturated rings. The van der Waals surface area contributed by atoms with Crippen LogP contribution in [0.1, 0.15) is 27.2 Å². The number of carbonyl (C=O) groups is 1. The Hall–Kier alpha value is -3.19. The highest BCUT2D eigenvalue weighted by molar-refractivity contribution is 5.91. The molecule has 1 aliphatic heterocycles. The highest BCUT2D eigenvalue weighted by atomic mass is 16.4. The molecule has 0 saturated carbocycles. The molecule has 1 saturated heterocycles. The number of aromatic carboxylic acids is 1. The van der Waals surface area contributed by atoms with Gasteiger partial charge in [0, 0.05) is 32.7 Å². The van der Waals surface area contributed by atoms with Crippen molar-refractivity contribution in [2.75, 3.05) is 31.1 Å². The van der Waals surface area contributed by atoms with E-state index in [0.29, 0.717) is 5.82 Å². The van der Waals surface area contributed by atoms with Crippen LogP contribution >= 0.6 is 0 Å². The Morgan fingerprint density at radius 2 is 1.72 bits per heavy atom. The highest BCUT2D eigenvalue weighted by Crippen LogP contribution is 2.22. The minimum Gasteiger partial charge on any atom is -0.476 e. The average Bonchev–Trinajstić information content (AvgIpc) is 3.15. The topological polar surface area (TPSA) is 74.5 Å². The Kier molecular flexibility index (Phi) is 5.31. The largest absolute Gasteiger partial charge is 0.476 e. The summed E-state index contributed by atoms with van der Waals surface area (Å²) in [5.41, 5.74) is 4.24. The maximum Gasteiger partial charge on any atom is 0.360 e. The number of piperazine rings is 1. The van der Waals surface area contributed by atoms with Crippen molar-refractivity contribution in [3.05, 3.63) is 70.9 Å². The number of aryl methyl sites for hydroxylation is 2. The Balaban J connectivity index is 1.52. The molecular weight excluding hydrogens is 366 g/mol. The van der Waals surface area contributed by atoms with E-state index in [-0.39, 0.29) is 5.69 Å². The molecule has 0 spiro atoms. The number of carboxylic acids is 1. The second kappa shape index (κ2) is 8.05. The fourth-order valence-electron chi connectivity index (χ4n) is 3.75. The van der Waals surface area contributed by atoms with Gasteiger partial charge in [0.05, 0.1) is 5.69 Å². The number of hydrogen-bond acceptors (Lipinski definition) is 5. The molecule has 150 valence electrons. The first-order valence-corrected chi connectivity index (χ1v) is 9.81. The lowest BCUT2D eigenvalue weighted by Crippen LogP contribution is -2.46. The summed E-state index contributed by atoms with van der Waals surface area (Å²) in [7, 11) is 0. The fourth-order valence-corrected chi connectivity index (χ4v) is 3.75. The molecule has 4 rings (SSSR count). The normalized spacial score (nSPS) is 14.9. The molecule has 0 amide bonds. The van der Waals surface area contributed by atoms with Crippen molar-refractivity contribution >= 4 is 11.8 Å². The quantitative estimate of drug-likeness (QED) is 0.721. The van der Waals surface area contributed by atoms with E-state index in [1.54, 1.807) is 0 Å². The van der Waals surface area contributed by atoms with Gasteiger partial charge in [-0.1, -0.05) is 48.0 Å². The third-order valence-electron chi connectivity index (χ3n) is 5.29. The van der Waals surface area contributed by atoms with Gasteiger partial charge < -0.3 is 10.0 Å². The van der Waals surface area contributed by atoms with E-state index in [1.165, 1.54) is 10.4 Å². The zero-order chi connectivity index (χ0) is 20.4. The van der Waals surface area contributed by atoms with E-state index < -0.39 is 5.97 Å². The van der Waals surface area contributed by atoms with Crippen molar-refractivity contribution in [3.63, 3.8) is 0 Å². The SMILES string of the molecule is Cc1ccc(-n2nc(C(=O)O)c(N3CCN(Cc4ccccc4)CC3)n2)c(C)c1. The van der Waals surface area contributed by atoms with Crippen molar-refractivity contribution < 1.29 is 9.90 Å². The summed E-state index contributed by atoms with van der Waals surface area (Å²) in [5, 5.41) is 18.5. The lowest BCUT2D eigenvalue weighted by Gasteiger charge is -2.34. The monoisotopic (exact) mass is 391 g/mol. The molecule has 0 unspecified atom stereocenters. The number of aromatic nitrogens is 3. The molecule has 3 aromatic rings. The van der Waals surface area contributed by atoms with Gasteiger partial charge in [-0.25, -0.2) is 4.79 Å². The van der Waals surface area contributed by atoms with E-state index in [2.05, 4.69) is 39.4 Å². The predicted molar refractivity (Wildman–Crippen MR) is 112 cm³/mol. The van der Waals surface area contributed by atoms with Crippen molar-refractivity contribution in [1.29, 1.82) is 0 Å². The first-order valence-electron chi connectivity index (χ1n) is 9.81. The molecule has 2 aromatic carbocycles. The Bertz CT molecular complexity index is 1010. The molecule has 0 aliphatic carbocycles. The number of nitrogens with zero attached hydrogens (tertiary/aromatic N) is 5. The number of rotatable bonds is 5. The third-order valence-corrected chi connectivity index (χ3v) is 5.29. The number of anilines is 1. The van der Waals surface area contributed by atoms with Crippen LogP contribution in [-0.2, 0) is 6.54 Å². The lowest BCUT2D eigenvalue weighted by molar-refractivity contribution is 0.0690. The minimum atomic E-state index is -1.05. The molecule has 0 atom stereocenters. The zero-order valence-electron chi connectivity index (χ0n) is 16.7. The van der Waals surface area contributed by atoms with Crippen molar-refractivity contribution in [2.24, 2.45) is 0 Å². The summed E-state index contributed by atoms with van der Waals surface area (Å²) in [5.74, 6) is -0.612. The van der Waals surface area contributed by atoms with Crippen molar-refractivity contribution in [1.82, 2.24) is 19.9 Å². The van der Waals surface area contributed by atoms with Gasteiger partial charge in [-0.15, -0.1) is 15.0 Å². The average molecular weight is 391 g/mol. The van der Waals surface area contributed by atoms with Crippen LogP contribution in [0.5, 0.6) is 0 Å². The molecule has 2 heterocycles. The number of carboxylic acid groups (broad SMARTS) is 1. The summed E-state index contributed by atoms with van der Waals surface area (Å²) in [6, 6.07) is 16.3. The zero-order valence-corrected chi connectivity index (χ0v) is 16.7. The van der Waals surface area contributed by atoms with Crippen LogP contribution in [0.15, 0.2) is 48.5 Å². The molecule has 0 radical (unpaired) electrons. The fraction of sp³-hybridized carbons (Fsp3) is 0.318. The highest BCUT2D eigenvalue weighted by Gasteiger charge is 2.27. The molecule has 1 N–H and O–H groups in total. The van der Waals surface area contributed by atoms with Crippen LogP contribution in [0.4, 0.5) is 5.82 Å². The summed E-state index contributed by atoms with van der Waals surface area (Å²) >= 11 is 0. The van der Waals surface area contributed by atoms with Crippen molar-refractivity contribution in [3.8, 4) is 5.69 Å². The van der Waals surface area contributed by atoms with Gasteiger partial charge in [0.15, 0.2) is 5.82 Å². The smallest absolute Gasteiger partial charge is 0.360 e. The van der Waals surface area contributed by atoms with Crippen LogP contribution in [0.25, 0.3) is 5.69 Å². The van der Waals surface area contributed by atoms with E-state index >= 15 is 0 Å². The Labute approximate surface area is 170 Å². The maximum atomic E-state index is 11.8. The van der Waals surface area contributed by atoms with Crippen molar-refractivity contribution in [2.45, 2.75) is 20.4 Å². The summed E-state index contributed by atoms with van der Waals surface area (Å²) in [6.07, 6.45) is 0. The Morgan fingerprint density at radius 1 is 1.00 bits per heavy atom. The van der Waals surface area contributed by atoms with Crippen LogP contribution < -0.4 is 4.90 Å². The van der Waals surface area contributed by atoms with Crippen LogP contribution in [-0.4, -0.2) is 57.1 Å². The van der Waals surface area contributed by atoms with Gasteiger partial charge >= 0.3 is 5.97 Å². The molecule has 29 heavy (non-hydrogen) atoms. The second-order valence-electron chi connectivity index (χ2n) is 7.51. The van der Waals surface area contributed by atoms with Gasteiger partial charge in [-0.3, -0.25) is 4.90 Å². The van der Waals surface area contributed by atoms with E-state index in [9.17, 15) is 9.90 Å². The van der Waals surface area contributed by atoms with E-state index in [4.69, 9.17) is 0 Å². The third kappa shape index (κ3) is 4.14. The summed E-state index contributed by atoms with van der Waals surface area (Å²) in [4.78, 5) is 17.7. The molecular formula is C22H25N5O2. The maximum absolute atomic E-state index is 11.8. The Morgan fingerprint density at radius 3 is 2.38 bits per heavy atom. The van der Waals surface area contributed by atoms with Crippen LogP contribution in [0.3, 0.4) is 0 Å². The van der Waals surface area contributed by atoms with Gasteiger partial charge in [-0.05, 0) is 31.0 Å². The first-order chi connectivity index (χ1) is 14.0. The molecule has 1 aromatic heterocycles. The number of benzene rings is 2. The van der Waals surface area contributed by atoms with Gasteiger partial charge in [-0.2, -0.15) is 0 Å². The van der Waals surface area contributed by atoms with Crippen LogP contribution in [0, 0.1) is 13.8 Å². The number of hydrogen-bond donors (Lipinski definition) is 1. The van der Waals surface area contributed by atoms with Crippen LogP contribution in [0.2, 0.25) is 0 Å². The van der Waals surface area contributed by atoms with E-state index in [1.807, 2.05) is 43.0 Å². The standard InChI is InChI=1S/C22H25N5O2/c1-16-8-9-19(17(2)14-16)27-23-20(22(28)29)21(24-27)26-12-10-25(11-13-26)15-18-6-4-3-5-7-18/h3-9,14H,10-13,15H2,1-2H3,(H,28,29). The minimum absolute atomic E-state index is 0.00137. The predicted octanol–water partition coefficient (Wildman–Crippen LogP) is 2.90. The molecule has 7 heteroatoms.